The molecule has 3 heterocycles. The Morgan fingerprint density at radius 3 is 2.64 bits per heavy atom. The largest absolute Gasteiger partial charge is 0.482 e. The quantitative estimate of drug-likeness (QED) is 0.870. The number of ether oxygens (including phenoxy) is 1. The number of carbonyl (C=O) groups is 2. The van der Waals surface area contributed by atoms with Crippen LogP contribution in [-0.2, 0) is 4.79 Å². The van der Waals surface area contributed by atoms with Gasteiger partial charge in [0.05, 0.1) is 5.69 Å². The van der Waals surface area contributed by atoms with E-state index in [1.54, 1.807) is 41.6 Å². The molecule has 8 nitrogen and oxygen atoms in total. The lowest BCUT2D eigenvalue weighted by atomic mass is 10.1. The van der Waals surface area contributed by atoms with Gasteiger partial charge >= 0.3 is 0 Å². The molecule has 1 aromatic heterocycles. The topological polar surface area (TPSA) is 87.7 Å². The number of hydrogen-bond acceptors (Lipinski definition) is 6. The Hall–Kier alpha value is -3.16. The molecule has 2 aromatic rings. The first-order valence-electron chi connectivity index (χ1n) is 8.09. The highest BCUT2D eigenvalue weighted by molar-refractivity contribution is 5.99. The standard InChI is InChI=1S/C17H17N5O3/c23-15-11-25-14-3-2-12(10-13(14)20-15)16(24)21-6-8-22(9-7-21)17-18-4-1-5-19-17/h1-5,10H,6-9,11H2,(H,20,23). The van der Waals surface area contributed by atoms with E-state index in [0.29, 0.717) is 49.1 Å². The molecule has 0 radical (unpaired) electrons. The molecule has 0 unspecified atom stereocenters. The van der Waals surface area contributed by atoms with Gasteiger partial charge in [-0.2, -0.15) is 0 Å². The first-order chi connectivity index (χ1) is 12.2. The van der Waals surface area contributed by atoms with Gasteiger partial charge in [-0.1, -0.05) is 0 Å². The van der Waals surface area contributed by atoms with Gasteiger partial charge in [-0.3, -0.25) is 9.59 Å². The van der Waals surface area contributed by atoms with Crippen LogP contribution in [0.1, 0.15) is 10.4 Å². The number of rotatable bonds is 2. The lowest BCUT2D eigenvalue weighted by molar-refractivity contribution is -0.118. The Kier molecular flexibility index (Phi) is 3.93. The summed E-state index contributed by atoms with van der Waals surface area (Å²) in [5.74, 6) is 0.996. The zero-order chi connectivity index (χ0) is 17.2. The first-order valence-corrected chi connectivity index (χ1v) is 8.09. The highest BCUT2D eigenvalue weighted by atomic mass is 16.5. The van der Waals surface area contributed by atoms with Crippen LogP contribution < -0.4 is 15.0 Å². The summed E-state index contributed by atoms with van der Waals surface area (Å²) in [5.41, 5.74) is 1.08. The van der Waals surface area contributed by atoms with Crippen LogP contribution in [0, 0.1) is 0 Å². The summed E-state index contributed by atoms with van der Waals surface area (Å²) in [7, 11) is 0. The zero-order valence-electron chi connectivity index (χ0n) is 13.5. The van der Waals surface area contributed by atoms with Crippen molar-refractivity contribution in [3.05, 3.63) is 42.2 Å². The summed E-state index contributed by atoms with van der Waals surface area (Å²) < 4.78 is 5.32. The van der Waals surface area contributed by atoms with Crippen molar-refractivity contribution in [1.29, 1.82) is 0 Å². The van der Waals surface area contributed by atoms with Gasteiger partial charge in [0.2, 0.25) is 5.95 Å². The zero-order valence-corrected chi connectivity index (χ0v) is 13.5. The lowest BCUT2D eigenvalue weighted by Gasteiger charge is -2.34. The van der Waals surface area contributed by atoms with Crippen molar-refractivity contribution >= 4 is 23.5 Å². The van der Waals surface area contributed by atoms with Crippen molar-refractivity contribution in [1.82, 2.24) is 14.9 Å². The Labute approximate surface area is 144 Å². The molecule has 1 fully saturated rings. The molecule has 1 N–H and O–H groups in total. The Morgan fingerprint density at radius 1 is 1.12 bits per heavy atom. The smallest absolute Gasteiger partial charge is 0.262 e. The third-order valence-electron chi connectivity index (χ3n) is 4.26. The predicted molar refractivity (Wildman–Crippen MR) is 90.7 cm³/mol. The minimum Gasteiger partial charge on any atom is -0.482 e. The molecule has 25 heavy (non-hydrogen) atoms. The molecule has 4 rings (SSSR count). The SMILES string of the molecule is O=C1COc2ccc(C(=O)N3CCN(c4ncccn4)CC3)cc2N1. The van der Waals surface area contributed by atoms with Crippen LogP contribution in [0.15, 0.2) is 36.7 Å². The van der Waals surface area contributed by atoms with Gasteiger partial charge in [0, 0.05) is 44.1 Å². The number of anilines is 2. The number of piperazine rings is 1. The Bertz CT molecular complexity index is 803. The summed E-state index contributed by atoms with van der Waals surface area (Å²) in [6.07, 6.45) is 3.42. The maximum Gasteiger partial charge on any atom is 0.262 e. The van der Waals surface area contributed by atoms with Crippen LogP contribution >= 0.6 is 0 Å². The number of carbonyl (C=O) groups excluding carboxylic acids is 2. The number of fused-ring (bicyclic) bond motifs is 1. The van der Waals surface area contributed by atoms with E-state index in [2.05, 4.69) is 20.2 Å². The van der Waals surface area contributed by atoms with Crippen LogP contribution in [-0.4, -0.2) is 59.5 Å². The molecule has 0 bridgehead atoms. The molecule has 8 heteroatoms. The van der Waals surface area contributed by atoms with Crippen molar-refractivity contribution in [2.45, 2.75) is 0 Å². The van der Waals surface area contributed by atoms with Crippen molar-refractivity contribution < 1.29 is 14.3 Å². The van der Waals surface area contributed by atoms with Gasteiger partial charge in [0.15, 0.2) is 6.61 Å². The third-order valence-corrected chi connectivity index (χ3v) is 4.26. The summed E-state index contributed by atoms with van der Waals surface area (Å²) >= 11 is 0. The minimum atomic E-state index is -0.214. The van der Waals surface area contributed by atoms with Crippen LogP contribution in [0.4, 0.5) is 11.6 Å². The first kappa shape index (κ1) is 15.4. The van der Waals surface area contributed by atoms with E-state index in [-0.39, 0.29) is 18.4 Å². The highest BCUT2D eigenvalue weighted by Crippen LogP contribution is 2.29. The fraction of sp³-hybridized carbons (Fsp3) is 0.294. The van der Waals surface area contributed by atoms with Crippen LogP contribution in [0.5, 0.6) is 5.75 Å². The predicted octanol–water partition coefficient (Wildman–Crippen LogP) is 0.770. The molecule has 0 spiro atoms. The second-order valence-electron chi connectivity index (χ2n) is 5.88. The number of nitrogens with one attached hydrogen (secondary N) is 1. The minimum absolute atomic E-state index is 0.00378. The van der Waals surface area contributed by atoms with Gasteiger partial charge in [-0.05, 0) is 24.3 Å². The molecule has 0 aliphatic carbocycles. The molecule has 0 saturated carbocycles. The van der Waals surface area contributed by atoms with E-state index >= 15 is 0 Å². The van der Waals surface area contributed by atoms with E-state index in [1.165, 1.54) is 0 Å². The van der Waals surface area contributed by atoms with Crippen molar-refractivity contribution in [2.75, 3.05) is 43.0 Å². The van der Waals surface area contributed by atoms with E-state index in [1.807, 2.05) is 0 Å². The molecular weight excluding hydrogens is 322 g/mol. The van der Waals surface area contributed by atoms with Crippen molar-refractivity contribution in [3.8, 4) is 5.75 Å². The maximum atomic E-state index is 12.7. The second kappa shape index (κ2) is 6.39. The van der Waals surface area contributed by atoms with Gasteiger partial charge in [-0.15, -0.1) is 0 Å². The van der Waals surface area contributed by atoms with Gasteiger partial charge in [0.1, 0.15) is 5.75 Å². The number of nitrogens with zero attached hydrogens (tertiary/aromatic N) is 4. The molecule has 2 aliphatic rings. The average Bonchev–Trinajstić information content (AvgIpc) is 2.67. The van der Waals surface area contributed by atoms with Gasteiger partial charge < -0.3 is 19.9 Å². The molecule has 0 atom stereocenters. The third kappa shape index (κ3) is 3.10. The molecule has 2 aliphatic heterocycles. The van der Waals surface area contributed by atoms with E-state index in [9.17, 15) is 9.59 Å². The molecule has 128 valence electrons. The van der Waals surface area contributed by atoms with Crippen LogP contribution in [0.3, 0.4) is 0 Å². The Morgan fingerprint density at radius 2 is 1.88 bits per heavy atom. The monoisotopic (exact) mass is 339 g/mol. The molecule has 2 amide bonds. The number of amides is 2. The normalized spacial score (nSPS) is 16.7. The van der Waals surface area contributed by atoms with Gasteiger partial charge in [0.25, 0.3) is 11.8 Å². The van der Waals surface area contributed by atoms with Crippen LogP contribution in [0.2, 0.25) is 0 Å². The number of aromatic nitrogens is 2. The number of benzene rings is 1. The molecular formula is C17H17N5O3. The second-order valence-corrected chi connectivity index (χ2v) is 5.88. The maximum absolute atomic E-state index is 12.7. The summed E-state index contributed by atoms with van der Waals surface area (Å²) in [5, 5.41) is 2.73. The van der Waals surface area contributed by atoms with Crippen molar-refractivity contribution in [2.24, 2.45) is 0 Å². The van der Waals surface area contributed by atoms with Crippen molar-refractivity contribution in [3.63, 3.8) is 0 Å². The van der Waals surface area contributed by atoms with E-state index in [0.717, 1.165) is 0 Å². The van der Waals surface area contributed by atoms with E-state index in [4.69, 9.17) is 4.74 Å². The van der Waals surface area contributed by atoms with Crippen LogP contribution in [0.25, 0.3) is 0 Å². The summed E-state index contributed by atoms with van der Waals surface area (Å²) in [4.78, 5) is 36.5. The summed E-state index contributed by atoms with van der Waals surface area (Å²) in [6.45, 7) is 2.55. The average molecular weight is 339 g/mol. The molecule has 1 saturated heterocycles. The lowest BCUT2D eigenvalue weighted by Crippen LogP contribution is -2.49. The Balaban J connectivity index is 1.44. The molecule has 1 aromatic carbocycles. The fourth-order valence-electron chi connectivity index (χ4n) is 2.96. The fourth-order valence-corrected chi connectivity index (χ4v) is 2.96. The van der Waals surface area contributed by atoms with Gasteiger partial charge in [-0.25, -0.2) is 9.97 Å². The number of hydrogen-bond donors (Lipinski definition) is 1. The van der Waals surface area contributed by atoms with E-state index < -0.39 is 0 Å². The summed E-state index contributed by atoms with van der Waals surface area (Å²) in [6, 6.07) is 6.89. The highest BCUT2D eigenvalue weighted by Gasteiger charge is 2.25.